The minimum Gasteiger partial charge on any atom is -0.319 e. The standard InChI is InChI=1S/C25H27F3N6O/c26-25(27,28)5-6-29-13-16-9-20-3-4-21(10-16)34(20)24(35)33-23-12-19-11-17(1-2-18(19)14-32-23)22-15-30-7-8-31-22/h1-2,7-8,11-12,14-16,20-21,29H,3-6,9-10,13H2,(H,32,33,35)/t16?,20-,21+. The number of halogens is 3. The third-order valence-corrected chi connectivity index (χ3v) is 6.90. The van der Waals surface area contributed by atoms with Crippen molar-refractivity contribution in [2.45, 2.75) is 50.4 Å². The molecule has 2 aliphatic heterocycles. The third kappa shape index (κ3) is 5.53. The van der Waals surface area contributed by atoms with Gasteiger partial charge >= 0.3 is 12.2 Å². The van der Waals surface area contributed by atoms with Crippen LogP contribution in [0.5, 0.6) is 0 Å². The quantitative estimate of drug-likeness (QED) is 0.481. The molecular formula is C25H27F3N6O. The minimum absolute atomic E-state index is 0.0638. The van der Waals surface area contributed by atoms with E-state index in [0.717, 1.165) is 47.7 Å². The fourth-order valence-electron chi connectivity index (χ4n) is 5.32. The summed E-state index contributed by atoms with van der Waals surface area (Å²) < 4.78 is 37.1. The smallest absolute Gasteiger partial charge is 0.319 e. The average Bonchev–Trinajstić information content (AvgIpc) is 3.11. The maximum atomic E-state index is 13.1. The molecule has 35 heavy (non-hydrogen) atoms. The Morgan fingerprint density at radius 2 is 1.83 bits per heavy atom. The zero-order chi connectivity index (χ0) is 24.4. The Hall–Kier alpha value is -3.27. The second kappa shape index (κ2) is 9.77. The first kappa shape index (κ1) is 23.5. The van der Waals surface area contributed by atoms with Gasteiger partial charge in [0.25, 0.3) is 0 Å². The van der Waals surface area contributed by atoms with Crippen molar-refractivity contribution in [1.82, 2.24) is 25.2 Å². The van der Waals surface area contributed by atoms with Gasteiger partial charge in [-0.15, -0.1) is 0 Å². The molecule has 0 spiro atoms. The molecule has 5 rings (SSSR count). The maximum absolute atomic E-state index is 13.1. The van der Waals surface area contributed by atoms with Crippen molar-refractivity contribution < 1.29 is 18.0 Å². The summed E-state index contributed by atoms with van der Waals surface area (Å²) in [6, 6.07) is 7.82. The second-order valence-corrected chi connectivity index (χ2v) is 9.35. The first-order chi connectivity index (χ1) is 16.9. The lowest BCUT2D eigenvalue weighted by Gasteiger charge is -2.39. The van der Waals surface area contributed by atoms with Crippen LogP contribution in [0.15, 0.2) is 49.1 Å². The number of benzene rings is 1. The highest BCUT2D eigenvalue weighted by molar-refractivity contribution is 5.93. The third-order valence-electron chi connectivity index (χ3n) is 6.90. The number of aromatic nitrogens is 3. The Balaban J connectivity index is 1.22. The van der Waals surface area contributed by atoms with Crippen LogP contribution in [0.3, 0.4) is 0 Å². The predicted molar refractivity (Wildman–Crippen MR) is 127 cm³/mol. The summed E-state index contributed by atoms with van der Waals surface area (Å²) in [4.78, 5) is 27.9. The molecule has 7 nitrogen and oxygen atoms in total. The van der Waals surface area contributed by atoms with Crippen LogP contribution in [0.2, 0.25) is 0 Å². The van der Waals surface area contributed by atoms with E-state index in [2.05, 4.69) is 25.6 Å². The number of hydrogen-bond donors (Lipinski definition) is 2. The van der Waals surface area contributed by atoms with Gasteiger partial charge in [-0.05, 0) is 55.7 Å². The normalized spacial score (nSPS) is 21.9. The SMILES string of the molecule is O=C(Nc1cc2cc(-c3cnccn3)ccc2cn1)N1[C@@H]2CC[C@H]1CC(CNCCC(F)(F)F)C2. The van der Waals surface area contributed by atoms with Crippen LogP contribution in [0.1, 0.15) is 32.1 Å². The van der Waals surface area contributed by atoms with Crippen LogP contribution in [0.4, 0.5) is 23.8 Å². The van der Waals surface area contributed by atoms with Crippen molar-refractivity contribution in [2.24, 2.45) is 5.92 Å². The summed E-state index contributed by atoms with van der Waals surface area (Å²) in [5.41, 5.74) is 1.70. The molecule has 0 aliphatic carbocycles. The monoisotopic (exact) mass is 484 g/mol. The van der Waals surface area contributed by atoms with Crippen molar-refractivity contribution in [3.8, 4) is 11.3 Å². The number of hydrogen-bond acceptors (Lipinski definition) is 5. The van der Waals surface area contributed by atoms with Gasteiger partial charge in [-0.2, -0.15) is 13.2 Å². The largest absolute Gasteiger partial charge is 0.390 e. The number of nitrogens with one attached hydrogen (secondary N) is 2. The number of pyridine rings is 1. The van der Waals surface area contributed by atoms with Crippen LogP contribution in [-0.4, -0.2) is 57.2 Å². The molecule has 3 aromatic rings. The summed E-state index contributed by atoms with van der Waals surface area (Å²) in [6.07, 6.45) is 5.20. The molecule has 2 fully saturated rings. The van der Waals surface area contributed by atoms with E-state index in [4.69, 9.17) is 0 Å². The van der Waals surface area contributed by atoms with Crippen LogP contribution in [0, 0.1) is 5.92 Å². The lowest BCUT2D eigenvalue weighted by Crippen LogP contribution is -2.49. The molecule has 2 aliphatic rings. The average molecular weight is 485 g/mol. The zero-order valence-electron chi connectivity index (χ0n) is 19.1. The fraction of sp³-hybridized carbons (Fsp3) is 0.440. The molecule has 10 heteroatoms. The Morgan fingerprint density at radius 1 is 1.03 bits per heavy atom. The molecule has 1 aromatic carbocycles. The van der Waals surface area contributed by atoms with E-state index < -0.39 is 12.6 Å². The molecule has 3 atom stereocenters. The number of alkyl halides is 3. The van der Waals surface area contributed by atoms with Gasteiger partial charge in [0.05, 0.1) is 18.3 Å². The fourth-order valence-corrected chi connectivity index (χ4v) is 5.32. The molecule has 2 bridgehead atoms. The second-order valence-electron chi connectivity index (χ2n) is 9.35. The molecule has 0 radical (unpaired) electrons. The Morgan fingerprint density at radius 3 is 2.54 bits per heavy atom. The van der Waals surface area contributed by atoms with Crippen molar-refractivity contribution >= 4 is 22.6 Å². The first-order valence-electron chi connectivity index (χ1n) is 11.9. The Bertz CT molecular complexity index is 1170. The summed E-state index contributed by atoms with van der Waals surface area (Å²) in [5, 5.41) is 7.78. The van der Waals surface area contributed by atoms with Gasteiger partial charge in [0.2, 0.25) is 0 Å². The molecule has 1 unspecified atom stereocenters. The van der Waals surface area contributed by atoms with E-state index in [0.29, 0.717) is 12.4 Å². The summed E-state index contributed by atoms with van der Waals surface area (Å²) in [7, 11) is 0. The van der Waals surface area contributed by atoms with E-state index in [-0.39, 0.29) is 30.6 Å². The summed E-state index contributed by atoms with van der Waals surface area (Å²) in [5.74, 6) is 0.761. The Labute approximate surface area is 201 Å². The topological polar surface area (TPSA) is 83.0 Å². The lowest BCUT2D eigenvalue weighted by atomic mass is 9.91. The van der Waals surface area contributed by atoms with Gasteiger partial charge in [0, 0.05) is 48.2 Å². The molecule has 0 saturated carbocycles. The van der Waals surface area contributed by atoms with Crippen LogP contribution in [-0.2, 0) is 0 Å². The van der Waals surface area contributed by atoms with E-state index in [9.17, 15) is 18.0 Å². The molecule has 2 amide bonds. The molecule has 2 aromatic heterocycles. The maximum Gasteiger partial charge on any atom is 0.390 e. The van der Waals surface area contributed by atoms with Crippen LogP contribution >= 0.6 is 0 Å². The van der Waals surface area contributed by atoms with Gasteiger partial charge in [0.1, 0.15) is 5.82 Å². The van der Waals surface area contributed by atoms with Gasteiger partial charge < -0.3 is 10.2 Å². The highest BCUT2D eigenvalue weighted by Crippen LogP contribution is 2.39. The minimum atomic E-state index is -4.14. The molecule has 2 N–H and O–H groups in total. The Kier molecular flexibility index (Phi) is 6.55. The molecule has 184 valence electrons. The van der Waals surface area contributed by atoms with Gasteiger partial charge in [-0.3, -0.25) is 15.3 Å². The molecule has 2 saturated heterocycles. The number of fused-ring (bicyclic) bond motifs is 3. The summed E-state index contributed by atoms with van der Waals surface area (Å²) in [6.45, 7) is 0.491. The number of amides is 2. The summed E-state index contributed by atoms with van der Waals surface area (Å²) >= 11 is 0. The zero-order valence-corrected chi connectivity index (χ0v) is 19.1. The first-order valence-corrected chi connectivity index (χ1v) is 11.9. The van der Waals surface area contributed by atoms with Crippen molar-refractivity contribution in [3.63, 3.8) is 0 Å². The van der Waals surface area contributed by atoms with E-state index in [1.165, 1.54) is 0 Å². The number of rotatable bonds is 6. The van der Waals surface area contributed by atoms with E-state index in [1.807, 2.05) is 29.2 Å². The van der Waals surface area contributed by atoms with Crippen molar-refractivity contribution in [3.05, 3.63) is 49.1 Å². The number of carbonyl (C=O) groups is 1. The lowest BCUT2D eigenvalue weighted by molar-refractivity contribution is -0.133. The van der Waals surface area contributed by atoms with Crippen molar-refractivity contribution in [2.75, 3.05) is 18.4 Å². The molecular weight excluding hydrogens is 457 g/mol. The van der Waals surface area contributed by atoms with Crippen LogP contribution < -0.4 is 10.6 Å². The van der Waals surface area contributed by atoms with Gasteiger partial charge in [-0.25, -0.2) is 9.78 Å². The predicted octanol–water partition coefficient (Wildman–Crippen LogP) is 5.01. The van der Waals surface area contributed by atoms with E-state index >= 15 is 0 Å². The number of piperidine rings is 1. The number of anilines is 1. The molecule has 4 heterocycles. The number of carbonyl (C=O) groups excluding carboxylic acids is 1. The van der Waals surface area contributed by atoms with Crippen molar-refractivity contribution in [1.29, 1.82) is 0 Å². The van der Waals surface area contributed by atoms with E-state index in [1.54, 1.807) is 24.8 Å². The van der Waals surface area contributed by atoms with Gasteiger partial charge in [-0.1, -0.05) is 12.1 Å². The number of nitrogens with zero attached hydrogens (tertiary/aromatic N) is 4. The highest BCUT2D eigenvalue weighted by atomic mass is 19.4. The van der Waals surface area contributed by atoms with Gasteiger partial charge in [0.15, 0.2) is 0 Å². The number of urea groups is 1. The highest BCUT2D eigenvalue weighted by Gasteiger charge is 2.43. The van der Waals surface area contributed by atoms with Crippen LogP contribution in [0.25, 0.3) is 22.0 Å².